The van der Waals surface area contributed by atoms with Gasteiger partial charge in [0.15, 0.2) is 0 Å². The smallest absolute Gasteiger partial charge is 0.255 e. The molecule has 1 aromatic rings. The maximum Gasteiger partial charge on any atom is 0.255 e. The number of likely N-dealkylation sites (tertiary alicyclic amines) is 2. The molecule has 0 spiro atoms. The summed E-state index contributed by atoms with van der Waals surface area (Å²) in [6, 6.07) is 3.64. The highest BCUT2D eigenvalue weighted by Crippen LogP contribution is 2.26. The molecular formula is C24H35N5O4. The number of piperazine rings is 1. The Bertz CT molecular complexity index is 876. The first kappa shape index (κ1) is 23.5. The zero-order valence-electron chi connectivity index (χ0n) is 19.9. The molecule has 3 fully saturated rings. The number of ether oxygens (including phenoxy) is 1. The summed E-state index contributed by atoms with van der Waals surface area (Å²) in [5.74, 6) is 0.483. The molecule has 3 aliphatic heterocycles. The molecule has 0 N–H and O–H groups in total. The predicted molar refractivity (Wildman–Crippen MR) is 123 cm³/mol. The van der Waals surface area contributed by atoms with E-state index in [4.69, 9.17) is 4.74 Å². The Labute approximate surface area is 195 Å². The first-order chi connectivity index (χ1) is 15.9. The molecule has 180 valence electrons. The summed E-state index contributed by atoms with van der Waals surface area (Å²) in [6.07, 6.45) is 4.12. The van der Waals surface area contributed by atoms with Crippen molar-refractivity contribution in [3.05, 3.63) is 23.9 Å². The number of amides is 3. The minimum Gasteiger partial charge on any atom is -0.478 e. The number of hydrogen-bond donors (Lipinski definition) is 0. The van der Waals surface area contributed by atoms with E-state index >= 15 is 0 Å². The average Bonchev–Trinajstić information content (AvgIpc) is 3.17. The lowest BCUT2D eigenvalue weighted by Gasteiger charge is -2.43. The topological polar surface area (TPSA) is 86.3 Å². The molecule has 0 radical (unpaired) electrons. The third kappa shape index (κ3) is 4.98. The van der Waals surface area contributed by atoms with Crippen molar-refractivity contribution < 1.29 is 19.1 Å². The molecule has 3 amide bonds. The maximum atomic E-state index is 13.0. The number of piperidine rings is 1. The molecule has 0 bridgehead atoms. The monoisotopic (exact) mass is 457 g/mol. The second-order valence-electron chi connectivity index (χ2n) is 9.33. The number of rotatable bonds is 5. The van der Waals surface area contributed by atoms with Gasteiger partial charge in [-0.3, -0.25) is 14.4 Å². The van der Waals surface area contributed by atoms with Crippen molar-refractivity contribution in [3.63, 3.8) is 0 Å². The Balaban J connectivity index is 1.34. The zero-order valence-corrected chi connectivity index (χ0v) is 19.9. The number of hydrogen-bond acceptors (Lipinski definition) is 6. The molecule has 1 aromatic heterocycles. The summed E-state index contributed by atoms with van der Waals surface area (Å²) in [4.78, 5) is 50.9. The largest absolute Gasteiger partial charge is 0.478 e. The normalized spacial score (nSPS) is 26.6. The van der Waals surface area contributed by atoms with E-state index in [0.717, 1.165) is 25.8 Å². The van der Waals surface area contributed by atoms with Crippen LogP contribution in [0.1, 0.15) is 43.5 Å². The van der Waals surface area contributed by atoms with Gasteiger partial charge in [0.2, 0.25) is 17.7 Å². The molecule has 4 rings (SSSR count). The quantitative estimate of drug-likeness (QED) is 0.658. The van der Waals surface area contributed by atoms with Crippen molar-refractivity contribution in [1.82, 2.24) is 24.6 Å². The maximum absolute atomic E-state index is 13.0. The Kier molecular flexibility index (Phi) is 7.17. The molecule has 9 nitrogen and oxygen atoms in total. The van der Waals surface area contributed by atoms with Crippen LogP contribution in [0.2, 0.25) is 0 Å². The van der Waals surface area contributed by atoms with Crippen molar-refractivity contribution in [2.24, 2.45) is 5.92 Å². The van der Waals surface area contributed by atoms with Crippen LogP contribution in [-0.4, -0.2) is 107 Å². The highest BCUT2D eigenvalue weighted by molar-refractivity contribution is 5.94. The molecule has 33 heavy (non-hydrogen) atoms. The lowest BCUT2D eigenvalue weighted by Crippen LogP contribution is -2.60. The van der Waals surface area contributed by atoms with Gasteiger partial charge < -0.3 is 24.3 Å². The van der Waals surface area contributed by atoms with Crippen LogP contribution in [0.5, 0.6) is 5.88 Å². The van der Waals surface area contributed by atoms with Crippen LogP contribution >= 0.6 is 0 Å². The van der Waals surface area contributed by atoms with Gasteiger partial charge in [-0.15, -0.1) is 0 Å². The Morgan fingerprint density at radius 3 is 2.58 bits per heavy atom. The van der Waals surface area contributed by atoms with Gasteiger partial charge in [-0.05, 0) is 52.8 Å². The Morgan fingerprint density at radius 1 is 1.12 bits per heavy atom. The van der Waals surface area contributed by atoms with Crippen LogP contribution in [0.3, 0.4) is 0 Å². The van der Waals surface area contributed by atoms with E-state index in [2.05, 4.69) is 16.8 Å². The Morgan fingerprint density at radius 2 is 1.94 bits per heavy atom. The number of pyridine rings is 1. The molecular weight excluding hydrogens is 422 g/mol. The van der Waals surface area contributed by atoms with Gasteiger partial charge in [0.1, 0.15) is 0 Å². The summed E-state index contributed by atoms with van der Waals surface area (Å²) >= 11 is 0. The lowest BCUT2D eigenvalue weighted by atomic mass is 9.98. The van der Waals surface area contributed by atoms with Gasteiger partial charge >= 0.3 is 0 Å². The molecule has 0 saturated carbocycles. The number of carbonyl (C=O) groups is 3. The fraction of sp³-hybridized carbons (Fsp3) is 0.667. The van der Waals surface area contributed by atoms with E-state index in [0.29, 0.717) is 44.2 Å². The molecule has 0 aliphatic carbocycles. The molecule has 4 heterocycles. The minimum absolute atomic E-state index is 0.0142. The number of carbonyl (C=O) groups excluding carboxylic acids is 3. The van der Waals surface area contributed by atoms with Crippen molar-refractivity contribution in [2.75, 3.05) is 52.9 Å². The van der Waals surface area contributed by atoms with Gasteiger partial charge in [-0.1, -0.05) is 0 Å². The lowest BCUT2D eigenvalue weighted by molar-refractivity contribution is -0.150. The van der Waals surface area contributed by atoms with Crippen LogP contribution in [0.25, 0.3) is 0 Å². The van der Waals surface area contributed by atoms with E-state index in [-0.39, 0.29) is 42.3 Å². The first-order valence-electron chi connectivity index (χ1n) is 12.1. The summed E-state index contributed by atoms with van der Waals surface area (Å²) in [5.41, 5.74) is 0.525. The zero-order chi connectivity index (χ0) is 23.5. The van der Waals surface area contributed by atoms with Gasteiger partial charge in [-0.2, -0.15) is 0 Å². The van der Waals surface area contributed by atoms with Gasteiger partial charge in [0, 0.05) is 50.5 Å². The summed E-state index contributed by atoms with van der Waals surface area (Å²) in [6.45, 7) is 7.82. The molecule has 3 aliphatic rings. The second kappa shape index (κ2) is 10.1. The van der Waals surface area contributed by atoms with Crippen molar-refractivity contribution in [2.45, 2.75) is 45.2 Å². The van der Waals surface area contributed by atoms with Gasteiger partial charge in [-0.25, -0.2) is 4.98 Å². The van der Waals surface area contributed by atoms with E-state index < -0.39 is 0 Å². The van der Waals surface area contributed by atoms with Crippen LogP contribution in [0, 0.1) is 5.92 Å². The van der Waals surface area contributed by atoms with Crippen molar-refractivity contribution >= 4 is 17.7 Å². The third-order valence-corrected chi connectivity index (χ3v) is 7.36. The molecule has 3 saturated heterocycles. The highest BCUT2D eigenvalue weighted by atomic mass is 16.5. The van der Waals surface area contributed by atoms with Crippen LogP contribution in [0.4, 0.5) is 0 Å². The molecule has 1 unspecified atom stereocenters. The van der Waals surface area contributed by atoms with Crippen molar-refractivity contribution in [3.8, 4) is 5.88 Å². The molecule has 3 atom stereocenters. The van der Waals surface area contributed by atoms with Crippen molar-refractivity contribution in [1.29, 1.82) is 0 Å². The summed E-state index contributed by atoms with van der Waals surface area (Å²) < 4.78 is 5.35. The van der Waals surface area contributed by atoms with Gasteiger partial charge in [0.25, 0.3) is 5.91 Å². The summed E-state index contributed by atoms with van der Waals surface area (Å²) in [5, 5.41) is 0. The minimum atomic E-state index is -0.0733. The van der Waals surface area contributed by atoms with E-state index in [1.807, 2.05) is 23.8 Å². The fourth-order valence-electron chi connectivity index (χ4n) is 5.24. The number of nitrogens with zero attached hydrogens (tertiary/aromatic N) is 5. The molecule has 0 aromatic carbocycles. The third-order valence-electron chi connectivity index (χ3n) is 7.36. The second-order valence-corrected chi connectivity index (χ2v) is 9.33. The highest BCUT2D eigenvalue weighted by Gasteiger charge is 2.40. The van der Waals surface area contributed by atoms with Gasteiger partial charge in [0.05, 0.1) is 24.6 Å². The fourth-order valence-corrected chi connectivity index (χ4v) is 5.24. The Hall–Kier alpha value is -2.68. The van der Waals surface area contributed by atoms with E-state index in [1.165, 1.54) is 0 Å². The van der Waals surface area contributed by atoms with Crippen LogP contribution in [0.15, 0.2) is 18.3 Å². The van der Waals surface area contributed by atoms with Crippen LogP contribution in [-0.2, 0) is 9.59 Å². The van der Waals surface area contributed by atoms with E-state index in [9.17, 15) is 14.4 Å². The first-order valence-corrected chi connectivity index (χ1v) is 12.1. The standard InChI is InChI=1S/C24H35N5O4/c1-4-33-21-8-7-18(14-25-21)23(31)27-10-5-6-19(15-27)29-13-12-28(16-22(29)30)24(32)20-9-11-26(3)17(20)2/h7-8,14,17,19-20H,4-6,9-13,15-16H2,1-3H3/t17-,19?,20-/m1/s1. The summed E-state index contributed by atoms with van der Waals surface area (Å²) in [7, 11) is 2.04. The van der Waals surface area contributed by atoms with Crippen LogP contribution < -0.4 is 4.74 Å². The average molecular weight is 458 g/mol. The molecule has 9 heteroatoms. The number of aromatic nitrogens is 1. The predicted octanol–water partition coefficient (Wildman–Crippen LogP) is 1.10. The van der Waals surface area contributed by atoms with E-state index in [1.54, 1.807) is 23.2 Å². The SMILES string of the molecule is CCOc1ccc(C(=O)N2CCCC(N3CCN(C(=O)[C@@H]4CCN(C)[C@@H]4C)CC3=O)C2)cn1.